The van der Waals surface area contributed by atoms with Crippen LogP contribution in [0.1, 0.15) is 48.8 Å². The quantitative estimate of drug-likeness (QED) is 0.798. The maximum Gasteiger partial charge on any atom is 0.220 e. The first-order valence-electron chi connectivity index (χ1n) is 7.95. The van der Waals surface area contributed by atoms with E-state index in [2.05, 4.69) is 21.2 Å². The highest BCUT2D eigenvalue weighted by Gasteiger charge is 2.43. The first kappa shape index (κ1) is 17.9. The van der Waals surface area contributed by atoms with Gasteiger partial charge >= 0.3 is 0 Å². The maximum absolute atomic E-state index is 12.7. The fraction of sp³-hybridized carbons (Fsp3) is 0.500. The lowest BCUT2D eigenvalue weighted by molar-refractivity contribution is -0.128. The molecule has 1 N–H and O–H groups in total. The van der Waals surface area contributed by atoms with Crippen LogP contribution < -0.4 is 5.32 Å². The Balaban J connectivity index is 2.21. The topological polar surface area (TPSA) is 63.2 Å². The van der Waals surface area contributed by atoms with Gasteiger partial charge in [-0.05, 0) is 49.1 Å². The lowest BCUT2D eigenvalue weighted by atomic mass is 9.87. The molecule has 0 radical (unpaired) electrons. The summed E-state index contributed by atoms with van der Waals surface area (Å²) in [6.45, 7) is 6.39. The minimum Gasteiger partial charge on any atom is -0.356 e. The van der Waals surface area contributed by atoms with E-state index in [1.807, 2.05) is 32.9 Å². The van der Waals surface area contributed by atoms with Crippen molar-refractivity contribution in [1.29, 1.82) is 0 Å². The highest BCUT2D eigenvalue weighted by molar-refractivity contribution is 9.10. The zero-order valence-corrected chi connectivity index (χ0v) is 15.3. The van der Waals surface area contributed by atoms with E-state index in [9.17, 15) is 14.4 Å². The average Bonchev–Trinajstić information content (AvgIpc) is 2.72. The van der Waals surface area contributed by atoms with Crippen LogP contribution in [0.25, 0.3) is 0 Å². The van der Waals surface area contributed by atoms with E-state index in [0.29, 0.717) is 6.54 Å². The molecule has 1 aliphatic carbocycles. The summed E-state index contributed by atoms with van der Waals surface area (Å²) in [5.74, 6) is -1.55. The van der Waals surface area contributed by atoms with Gasteiger partial charge in [0.2, 0.25) is 5.91 Å². The van der Waals surface area contributed by atoms with Crippen LogP contribution in [-0.4, -0.2) is 24.0 Å². The Morgan fingerprint density at radius 2 is 1.87 bits per heavy atom. The number of aryl methyl sites for hydroxylation is 2. The van der Waals surface area contributed by atoms with Crippen molar-refractivity contribution < 1.29 is 14.4 Å². The molecule has 0 heterocycles. The molecule has 124 valence electrons. The van der Waals surface area contributed by atoms with Crippen molar-refractivity contribution in [2.75, 3.05) is 6.54 Å². The number of Topliss-reactive ketones (excluding diaryl/α,β-unsaturated/α-hetero) is 2. The summed E-state index contributed by atoms with van der Waals surface area (Å²) >= 11 is 3.43. The monoisotopic (exact) mass is 379 g/mol. The van der Waals surface area contributed by atoms with E-state index in [1.54, 1.807) is 0 Å². The van der Waals surface area contributed by atoms with Crippen molar-refractivity contribution in [2.24, 2.45) is 5.92 Å². The second-order valence-corrected chi connectivity index (χ2v) is 7.13. The molecule has 1 aromatic carbocycles. The van der Waals surface area contributed by atoms with E-state index in [4.69, 9.17) is 0 Å². The van der Waals surface area contributed by atoms with Crippen LogP contribution in [0.3, 0.4) is 0 Å². The van der Waals surface area contributed by atoms with Crippen molar-refractivity contribution in [3.63, 3.8) is 0 Å². The summed E-state index contributed by atoms with van der Waals surface area (Å²) < 4.78 is 0.935. The van der Waals surface area contributed by atoms with Gasteiger partial charge in [0.15, 0.2) is 5.78 Å². The lowest BCUT2D eigenvalue weighted by Gasteiger charge is -2.16. The number of nitrogens with one attached hydrogen (secondary N) is 1. The number of hydrogen-bond donors (Lipinski definition) is 1. The van der Waals surface area contributed by atoms with Crippen molar-refractivity contribution in [2.45, 2.75) is 46.0 Å². The summed E-state index contributed by atoms with van der Waals surface area (Å²) in [5, 5.41) is 2.77. The molecule has 1 amide bonds. The molecular formula is C18H22BrNO3. The van der Waals surface area contributed by atoms with Gasteiger partial charge in [-0.3, -0.25) is 14.4 Å². The molecule has 0 saturated heterocycles. The summed E-state index contributed by atoms with van der Waals surface area (Å²) in [6, 6.07) is 3.84. The van der Waals surface area contributed by atoms with Gasteiger partial charge in [-0.2, -0.15) is 0 Å². The summed E-state index contributed by atoms with van der Waals surface area (Å²) in [7, 11) is 0. The third-order valence-corrected chi connectivity index (χ3v) is 4.77. The van der Waals surface area contributed by atoms with Gasteiger partial charge in [-0.15, -0.1) is 0 Å². The normalized spacial score (nSPS) is 20.9. The molecule has 0 spiro atoms. The minimum absolute atomic E-state index is 0.0724. The molecule has 1 fully saturated rings. The van der Waals surface area contributed by atoms with Gasteiger partial charge in [-0.25, -0.2) is 0 Å². The van der Waals surface area contributed by atoms with Gasteiger partial charge in [0.05, 0.1) is 0 Å². The van der Waals surface area contributed by atoms with E-state index < -0.39 is 11.8 Å². The Labute approximate surface area is 145 Å². The highest BCUT2D eigenvalue weighted by Crippen LogP contribution is 2.37. The lowest BCUT2D eigenvalue weighted by Crippen LogP contribution is -2.28. The van der Waals surface area contributed by atoms with Gasteiger partial charge in [-0.1, -0.05) is 22.9 Å². The van der Waals surface area contributed by atoms with Crippen LogP contribution in [0.2, 0.25) is 0 Å². The number of hydrogen-bond acceptors (Lipinski definition) is 3. The Hall–Kier alpha value is -1.49. The van der Waals surface area contributed by atoms with Crippen LogP contribution >= 0.6 is 15.9 Å². The van der Waals surface area contributed by atoms with Crippen LogP contribution in [0.15, 0.2) is 16.6 Å². The molecule has 0 aromatic heterocycles. The molecular weight excluding hydrogens is 358 g/mol. The van der Waals surface area contributed by atoms with E-state index in [0.717, 1.165) is 27.6 Å². The van der Waals surface area contributed by atoms with Crippen LogP contribution in [0.4, 0.5) is 0 Å². The summed E-state index contributed by atoms with van der Waals surface area (Å²) in [5.41, 5.74) is 2.67. The van der Waals surface area contributed by atoms with Crippen molar-refractivity contribution in [3.05, 3.63) is 33.3 Å². The third kappa shape index (κ3) is 3.89. The van der Waals surface area contributed by atoms with Crippen LogP contribution in [0.5, 0.6) is 0 Å². The van der Waals surface area contributed by atoms with E-state index in [-0.39, 0.29) is 30.3 Å². The predicted octanol–water partition coefficient (Wildman–Crippen LogP) is 3.22. The minimum atomic E-state index is -0.716. The molecule has 0 bridgehead atoms. The van der Waals surface area contributed by atoms with Crippen molar-refractivity contribution >= 4 is 33.4 Å². The number of carbonyl (C=O) groups excluding carboxylic acids is 3. The fourth-order valence-corrected chi connectivity index (χ4v) is 3.96. The van der Waals surface area contributed by atoms with Gasteiger partial charge < -0.3 is 5.32 Å². The molecule has 2 atom stereocenters. The highest BCUT2D eigenvalue weighted by atomic mass is 79.9. The standard InChI is InChI=1S/C18H22BrNO3/c1-4-5-20-15(22)9-12-8-14(21)17(18(12)23)16-10(2)6-13(19)7-11(16)3/h6-7,12,17H,4-5,8-9H2,1-3H3,(H,20,22). The Bertz CT molecular complexity index is 631. The summed E-state index contributed by atoms with van der Waals surface area (Å²) in [6.07, 6.45) is 1.12. The first-order valence-corrected chi connectivity index (χ1v) is 8.74. The second kappa shape index (κ2) is 7.39. The van der Waals surface area contributed by atoms with Crippen molar-refractivity contribution in [3.8, 4) is 0 Å². The maximum atomic E-state index is 12.7. The third-order valence-electron chi connectivity index (χ3n) is 4.31. The van der Waals surface area contributed by atoms with Gasteiger partial charge in [0, 0.05) is 29.8 Å². The Morgan fingerprint density at radius 3 is 2.43 bits per heavy atom. The van der Waals surface area contributed by atoms with Gasteiger partial charge in [0.1, 0.15) is 11.7 Å². The molecule has 1 aliphatic rings. The zero-order valence-electron chi connectivity index (χ0n) is 13.7. The number of halogens is 1. The van der Waals surface area contributed by atoms with E-state index in [1.165, 1.54) is 0 Å². The molecule has 2 rings (SSSR count). The number of ketones is 2. The Morgan fingerprint density at radius 1 is 1.26 bits per heavy atom. The molecule has 5 heteroatoms. The first-order chi connectivity index (χ1) is 10.8. The molecule has 0 aliphatic heterocycles. The second-order valence-electron chi connectivity index (χ2n) is 6.21. The van der Waals surface area contributed by atoms with Crippen LogP contribution in [-0.2, 0) is 14.4 Å². The number of rotatable bonds is 5. The molecule has 1 saturated carbocycles. The molecule has 23 heavy (non-hydrogen) atoms. The van der Waals surface area contributed by atoms with Gasteiger partial charge in [0.25, 0.3) is 0 Å². The number of benzene rings is 1. The molecule has 2 unspecified atom stereocenters. The van der Waals surface area contributed by atoms with Crippen LogP contribution in [0, 0.1) is 19.8 Å². The summed E-state index contributed by atoms with van der Waals surface area (Å²) in [4.78, 5) is 37.0. The van der Waals surface area contributed by atoms with E-state index >= 15 is 0 Å². The number of amides is 1. The average molecular weight is 380 g/mol. The smallest absolute Gasteiger partial charge is 0.220 e. The number of carbonyl (C=O) groups is 3. The van der Waals surface area contributed by atoms with Crippen molar-refractivity contribution in [1.82, 2.24) is 5.32 Å². The molecule has 1 aromatic rings. The Kier molecular flexibility index (Phi) is 5.74. The SMILES string of the molecule is CCCNC(=O)CC1CC(=O)C(c2c(C)cc(Br)cc2C)C1=O. The molecule has 4 nitrogen and oxygen atoms in total. The predicted molar refractivity (Wildman–Crippen MR) is 92.4 cm³/mol. The zero-order chi connectivity index (χ0) is 17.1. The largest absolute Gasteiger partial charge is 0.356 e. The fourth-order valence-electron chi connectivity index (χ4n) is 3.27.